The maximum Gasteiger partial charge on any atom is 0.234 e. The quantitative estimate of drug-likeness (QED) is 0.799. The number of carbonyl (C=O) groups excluding carboxylic acids is 1. The third-order valence-corrected chi connectivity index (χ3v) is 5.30. The molecule has 150 valence electrons. The van der Waals surface area contributed by atoms with Gasteiger partial charge in [0.05, 0.1) is 12.6 Å². The molecule has 0 bridgehead atoms. The largest absolute Gasteiger partial charge is 0.348 e. The monoisotopic (exact) mass is 381 g/mol. The summed E-state index contributed by atoms with van der Waals surface area (Å²) < 4.78 is 0. The fourth-order valence-corrected chi connectivity index (χ4v) is 3.58. The molecule has 6 heteroatoms. The molecule has 0 aliphatic carbocycles. The summed E-state index contributed by atoms with van der Waals surface area (Å²) in [6, 6.07) is 10.5. The first-order chi connectivity index (χ1) is 13.6. The number of aryl methyl sites for hydroxylation is 1. The first-order valence-corrected chi connectivity index (χ1v) is 10.2. The number of hydrogen-bond acceptors (Lipinski definition) is 5. The van der Waals surface area contributed by atoms with Crippen molar-refractivity contribution in [1.29, 1.82) is 0 Å². The molecule has 2 aromatic rings. The molecule has 0 spiro atoms. The Balaban J connectivity index is 1.52. The third-order valence-electron chi connectivity index (χ3n) is 5.30. The molecule has 1 amide bonds. The highest BCUT2D eigenvalue weighted by molar-refractivity contribution is 5.78. The number of anilines is 1. The van der Waals surface area contributed by atoms with Gasteiger partial charge in [-0.3, -0.25) is 9.69 Å². The van der Waals surface area contributed by atoms with Gasteiger partial charge in [0.1, 0.15) is 0 Å². The van der Waals surface area contributed by atoms with Gasteiger partial charge < -0.3 is 10.2 Å². The number of piperazine rings is 1. The van der Waals surface area contributed by atoms with E-state index in [0.717, 1.165) is 38.5 Å². The molecule has 1 fully saturated rings. The number of nitrogens with zero attached hydrogens (tertiary/aromatic N) is 4. The fraction of sp³-hybridized carbons (Fsp3) is 0.500. The number of nitrogens with one attached hydrogen (secondary N) is 1. The van der Waals surface area contributed by atoms with E-state index in [4.69, 9.17) is 0 Å². The average Bonchev–Trinajstić information content (AvgIpc) is 2.73. The zero-order chi connectivity index (χ0) is 19.9. The van der Waals surface area contributed by atoms with Crippen LogP contribution in [0, 0.1) is 5.92 Å². The Kier molecular flexibility index (Phi) is 6.98. The Labute approximate surface area is 168 Å². The third kappa shape index (κ3) is 5.29. The molecule has 28 heavy (non-hydrogen) atoms. The smallest absolute Gasteiger partial charge is 0.234 e. The van der Waals surface area contributed by atoms with Crippen LogP contribution < -0.4 is 10.2 Å². The van der Waals surface area contributed by atoms with Gasteiger partial charge in [-0.05, 0) is 29.5 Å². The van der Waals surface area contributed by atoms with Crippen LogP contribution in [0.4, 0.5) is 5.95 Å². The maximum absolute atomic E-state index is 12.7. The van der Waals surface area contributed by atoms with Gasteiger partial charge in [-0.25, -0.2) is 9.97 Å². The van der Waals surface area contributed by atoms with Crippen LogP contribution in [0.25, 0.3) is 0 Å². The number of amides is 1. The van der Waals surface area contributed by atoms with Crippen molar-refractivity contribution in [3.05, 3.63) is 53.9 Å². The van der Waals surface area contributed by atoms with Crippen LogP contribution in [0.5, 0.6) is 0 Å². The van der Waals surface area contributed by atoms with Crippen LogP contribution in [0.1, 0.15) is 37.9 Å². The fourth-order valence-electron chi connectivity index (χ4n) is 3.58. The van der Waals surface area contributed by atoms with E-state index < -0.39 is 0 Å². The number of hydrogen-bond donors (Lipinski definition) is 1. The van der Waals surface area contributed by atoms with Gasteiger partial charge in [0.2, 0.25) is 11.9 Å². The second-order valence-corrected chi connectivity index (χ2v) is 7.70. The molecule has 0 radical (unpaired) electrons. The van der Waals surface area contributed by atoms with Gasteiger partial charge in [0.15, 0.2) is 0 Å². The predicted octanol–water partition coefficient (Wildman–Crippen LogP) is 2.67. The average molecular weight is 382 g/mol. The van der Waals surface area contributed by atoms with Crippen LogP contribution in [0.2, 0.25) is 0 Å². The van der Waals surface area contributed by atoms with Crippen molar-refractivity contribution in [3.8, 4) is 0 Å². The Hall–Kier alpha value is -2.47. The Bertz CT molecular complexity index is 739. The van der Waals surface area contributed by atoms with Crippen LogP contribution in [-0.4, -0.2) is 53.5 Å². The van der Waals surface area contributed by atoms with Gasteiger partial charge in [-0.15, -0.1) is 0 Å². The van der Waals surface area contributed by atoms with Crippen molar-refractivity contribution in [1.82, 2.24) is 20.2 Å². The number of aromatic nitrogens is 2. The summed E-state index contributed by atoms with van der Waals surface area (Å²) in [4.78, 5) is 25.7. The molecule has 1 saturated heterocycles. The molecule has 0 saturated carbocycles. The summed E-state index contributed by atoms with van der Waals surface area (Å²) >= 11 is 0. The number of rotatable bonds is 7. The molecule has 1 aliphatic heterocycles. The van der Waals surface area contributed by atoms with Crippen molar-refractivity contribution in [2.75, 3.05) is 37.6 Å². The van der Waals surface area contributed by atoms with Gasteiger partial charge in [-0.1, -0.05) is 45.0 Å². The highest BCUT2D eigenvalue weighted by Crippen LogP contribution is 2.22. The second-order valence-electron chi connectivity index (χ2n) is 7.70. The summed E-state index contributed by atoms with van der Waals surface area (Å²) in [6.45, 7) is 10.2. The Morgan fingerprint density at radius 2 is 1.71 bits per heavy atom. The van der Waals surface area contributed by atoms with E-state index in [1.54, 1.807) is 12.4 Å². The Morgan fingerprint density at radius 1 is 1.07 bits per heavy atom. The highest BCUT2D eigenvalue weighted by Gasteiger charge is 2.23. The minimum atomic E-state index is 0.0393. The lowest BCUT2D eigenvalue weighted by atomic mass is 9.95. The van der Waals surface area contributed by atoms with Crippen molar-refractivity contribution >= 4 is 11.9 Å². The molecule has 6 nitrogen and oxygen atoms in total. The molecule has 3 rings (SSSR count). The zero-order valence-corrected chi connectivity index (χ0v) is 17.1. The van der Waals surface area contributed by atoms with Crippen molar-refractivity contribution in [3.63, 3.8) is 0 Å². The molecule has 1 aromatic carbocycles. The van der Waals surface area contributed by atoms with Crippen molar-refractivity contribution in [2.24, 2.45) is 5.92 Å². The molecule has 1 aliphatic rings. The van der Waals surface area contributed by atoms with E-state index in [9.17, 15) is 4.79 Å². The van der Waals surface area contributed by atoms with Crippen molar-refractivity contribution < 1.29 is 4.79 Å². The SMILES string of the molecule is CCc1ccc([C@@H](NC(=O)CN2CCN(c3ncccn3)CC2)C(C)C)cc1. The number of carbonyl (C=O) groups is 1. The van der Waals surface area contributed by atoms with E-state index in [1.165, 1.54) is 11.1 Å². The lowest BCUT2D eigenvalue weighted by Gasteiger charge is -2.34. The number of benzene rings is 1. The minimum absolute atomic E-state index is 0.0393. The lowest BCUT2D eigenvalue weighted by Crippen LogP contribution is -2.50. The van der Waals surface area contributed by atoms with Crippen LogP contribution in [-0.2, 0) is 11.2 Å². The normalized spacial score (nSPS) is 16.2. The zero-order valence-electron chi connectivity index (χ0n) is 17.1. The second kappa shape index (κ2) is 9.64. The van der Waals surface area contributed by atoms with E-state index in [0.29, 0.717) is 12.5 Å². The van der Waals surface area contributed by atoms with Crippen LogP contribution in [0.3, 0.4) is 0 Å². The molecule has 2 heterocycles. The van der Waals surface area contributed by atoms with E-state index in [2.05, 4.69) is 70.1 Å². The Morgan fingerprint density at radius 3 is 2.29 bits per heavy atom. The minimum Gasteiger partial charge on any atom is -0.348 e. The first kappa shape index (κ1) is 20.3. The van der Waals surface area contributed by atoms with E-state index >= 15 is 0 Å². The van der Waals surface area contributed by atoms with Crippen LogP contribution >= 0.6 is 0 Å². The maximum atomic E-state index is 12.7. The molecule has 1 aromatic heterocycles. The van der Waals surface area contributed by atoms with Gasteiger partial charge in [0, 0.05) is 38.6 Å². The van der Waals surface area contributed by atoms with Gasteiger partial charge >= 0.3 is 0 Å². The van der Waals surface area contributed by atoms with Gasteiger partial charge in [-0.2, -0.15) is 0 Å². The summed E-state index contributed by atoms with van der Waals surface area (Å²) in [5, 5.41) is 3.24. The summed E-state index contributed by atoms with van der Waals surface area (Å²) in [5.41, 5.74) is 2.49. The molecule has 0 unspecified atom stereocenters. The van der Waals surface area contributed by atoms with Gasteiger partial charge in [0.25, 0.3) is 0 Å². The molecule has 1 N–H and O–H groups in total. The predicted molar refractivity (Wildman–Crippen MR) is 112 cm³/mol. The highest BCUT2D eigenvalue weighted by atomic mass is 16.2. The van der Waals surface area contributed by atoms with Crippen molar-refractivity contribution in [2.45, 2.75) is 33.2 Å². The topological polar surface area (TPSA) is 61.4 Å². The molecular formula is C22H31N5O. The van der Waals surface area contributed by atoms with E-state index in [1.807, 2.05) is 6.07 Å². The van der Waals surface area contributed by atoms with Crippen LogP contribution in [0.15, 0.2) is 42.7 Å². The summed E-state index contributed by atoms with van der Waals surface area (Å²) in [7, 11) is 0. The summed E-state index contributed by atoms with van der Waals surface area (Å²) in [6.07, 6.45) is 4.56. The molecular weight excluding hydrogens is 350 g/mol. The first-order valence-electron chi connectivity index (χ1n) is 10.2. The lowest BCUT2D eigenvalue weighted by molar-refractivity contribution is -0.123. The summed E-state index contributed by atoms with van der Waals surface area (Å²) in [5.74, 6) is 1.19. The van der Waals surface area contributed by atoms with E-state index in [-0.39, 0.29) is 11.9 Å². The molecule has 1 atom stereocenters. The standard InChI is InChI=1S/C22H31N5O/c1-4-18-6-8-19(9-7-18)21(17(2)3)25-20(28)16-26-12-14-27(15-13-26)22-23-10-5-11-24-22/h5-11,17,21H,4,12-16H2,1-3H3,(H,25,28)/t21-/m0/s1.